The SMILES string of the molecule is O=C1CCc2cc(C(=O)OCC(=O)N3CCc4sccc4C3)ccc2N1. The van der Waals surface area contributed by atoms with Crippen molar-refractivity contribution in [2.24, 2.45) is 0 Å². The summed E-state index contributed by atoms with van der Waals surface area (Å²) in [5, 5.41) is 4.81. The summed E-state index contributed by atoms with van der Waals surface area (Å²) < 4.78 is 5.21. The predicted molar refractivity (Wildman–Crippen MR) is 97.1 cm³/mol. The van der Waals surface area contributed by atoms with Crippen molar-refractivity contribution in [1.29, 1.82) is 0 Å². The van der Waals surface area contributed by atoms with E-state index < -0.39 is 5.97 Å². The molecule has 0 unspecified atom stereocenters. The Morgan fingerprint density at radius 3 is 2.92 bits per heavy atom. The zero-order chi connectivity index (χ0) is 18.1. The number of fused-ring (bicyclic) bond motifs is 2. The molecule has 2 aliphatic heterocycles. The quantitative estimate of drug-likeness (QED) is 0.842. The highest BCUT2D eigenvalue weighted by Gasteiger charge is 2.23. The molecule has 1 aromatic carbocycles. The van der Waals surface area contributed by atoms with Gasteiger partial charge in [0.2, 0.25) is 5.91 Å². The molecule has 2 amide bonds. The van der Waals surface area contributed by atoms with E-state index in [1.165, 1.54) is 10.4 Å². The molecule has 7 heteroatoms. The van der Waals surface area contributed by atoms with Gasteiger partial charge in [0, 0.05) is 30.1 Å². The van der Waals surface area contributed by atoms with Crippen molar-refractivity contribution in [2.45, 2.75) is 25.8 Å². The van der Waals surface area contributed by atoms with Gasteiger partial charge in [0.15, 0.2) is 6.61 Å². The maximum absolute atomic E-state index is 12.3. The van der Waals surface area contributed by atoms with Gasteiger partial charge in [-0.05, 0) is 53.6 Å². The number of hydrogen-bond acceptors (Lipinski definition) is 5. The van der Waals surface area contributed by atoms with Crippen LogP contribution in [-0.2, 0) is 33.7 Å². The van der Waals surface area contributed by atoms with Crippen LogP contribution in [0.2, 0.25) is 0 Å². The third kappa shape index (κ3) is 3.35. The average molecular weight is 370 g/mol. The monoisotopic (exact) mass is 370 g/mol. The Balaban J connectivity index is 1.35. The number of rotatable bonds is 3. The van der Waals surface area contributed by atoms with Gasteiger partial charge in [-0.2, -0.15) is 0 Å². The number of hydrogen-bond donors (Lipinski definition) is 1. The number of amides is 2. The van der Waals surface area contributed by atoms with Gasteiger partial charge in [-0.25, -0.2) is 4.79 Å². The maximum Gasteiger partial charge on any atom is 0.338 e. The largest absolute Gasteiger partial charge is 0.452 e. The van der Waals surface area contributed by atoms with E-state index in [4.69, 9.17) is 4.74 Å². The van der Waals surface area contributed by atoms with Crippen LogP contribution in [0.25, 0.3) is 0 Å². The van der Waals surface area contributed by atoms with E-state index in [1.54, 1.807) is 34.4 Å². The molecule has 0 saturated carbocycles. The van der Waals surface area contributed by atoms with Crippen LogP contribution in [0.15, 0.2) is 29.6 Å². The molecular formula is C19H18N2O4S. The Hall–Kier alpha value is -2.67. The summed E-state index contributed by atoms with van der Waals surface area (Å²) >= 11 is 1.72. The molecule has 0 fully saturated rings. The number of aryl methyl sites for hydroxylation is 1. The summed E-state index contributed by atoms with van der Waals surface area (Å²) in [6, 6.07) is 7.07. The molecule has 0 aliphatic carbocycles. The van der Waals surface area contributed by atoms with Crippen molar-refractivity contribution in [3.8, 4) is 0 Å². The van der Waals surface area contributed by atoms with E-state index in [-0.39, 0.29) is 18.4 Å². The van der Waals surface area contributed by atoms with E-state index in [0.29, 0.717) is 31.5 Å². The maximum atomic E-state index is 12.3. The summed E-state index contributed by atoms with van der Waals surface area (Å²) in [6.45, 7) is 0.975. The van der Waals surface area contributed by atoms with Gasteiger partial charge in [-0.15, -0.1) is 11.3 Å². The molecule has 1 aromatic heterocycles. The second kappa shape index (κ2) is 6.92. The van der Waals surface area contributed by atoms with Crippen molar-refractivity contribution in [1.82, 2.24) is 4.90 Å². The first-order valence-electron chi connectivity index (χ1n) is 8.53. The molecule has 0 radical (unpaired) electrons. The van der Waals surface area contributed by atoms with Crippen LogP contribution in [0.3, 0.4) is 0 Å². The highest BCUT2D eigenvalue weighted by molar-refractivity contribution is 7.10. The minimum absolute atomic E-state index is 0.0197. The number of ether oxygens (including phenoxy) is 1. The lowest BCUT2D eigenvalue weighted by atomic mass is 10.0. The van der Waals surface area contributed by atoms with E-state index >= 15 is 0 Å². The second-order valence-electron chi connectivity index (χ2n) is 6.43. The van der Waals surface area contributed by atoms with Gasteiger partial charge >= 0.3 is 5.97 Å². The van der Waals surface area contributed by atoms with Gasteiger partial charge in [0.1, 0.15) is 0 Å². The van der Waals surface area contributed by atoms with Crippen LogP contribution < -0.4 is 5.32 Å². The lowest BCUT2D eigenvalue weighted by Crippen LogP contribution is -2.38. The Morgan fingerprint density at radius 1 is 1.15 bits per heavy atom. The van der Waals surface area contributed by atoms with Gasteiger partial charge in [-0.3, -0.25) is 9.59 Å². The first-order valence-corrected chi connectivity index (χ1v) is 9.41. The zero-order valence-electron chi connectivity index (χ0n) is 14.1. The number of anilines is 1. The van der Waals surface area contributed by atoms with E-state index in [1.807, 2.05) is 11.4 Å². The highest BCUT2D eigenvalue weighted by atomic mass is 32.1. The molecule has 6 nitrogen and oxygen atoms in total. The summed E-state index contributed by atoms with van der Waals surface area (Å²) in [6.07, 6.45) is 1.85. The third-order valence-corrected chi connectivity index (χ3v) is 5.75. The highest BCUT2D eigenvalue weighted by Crippen LogP contribution is 2.25. The Bertz CT molecular complexity index is 889. The molecule has 3 heterocycles. The number of benzene rings is 1. The Labute approximate surface area is 154 Å². The second-order valence-corrected chi connectivity index (χ2v) is 7.43. The lowest BCUT2D eigenvalue weighted by Gasteiger charge is -2.26. The smallest absolute Gasteiger partial charge is 0.338 e. The molecule has 0 spiro atoms. The van der Waals surface area contributed by atoms with Gasteiger partial charge in [0.05, 0.1) is 5.56 Å². The molecule has 4 rings (SSSR count). The van der Waals surface area contributed by atoms with Crippen molar-refractivity contribution in [3.63, 3.8) is 0 Å². The molecule has 2 aliphatic rings. The number of carbonyl (C=O) groups is 3. The Morgan fingerprint density at radius 2 is 2.04 bits per heavy atom. The number of thiophene rings is 1. The number of nitrogens with zero attached hydrogens (tertiary/aromatic N) is 1. The lowest BCUT2D eigenvalue weighted by molar-refractivity contribution is -0.135. The molecule has 0 bridgehead atoms. The van der Waals surface area contributed by atoms with Crippen LogP contribution in [0.5, 0.6) is 0 Å². The molecule has 1 N–H and O–H groups in total. The van der Waals surface area contributed by atoms with Crippen molar-refractivity contribution < 1.29 is 19.1 Å². The summed E-state index contributed by atoms with van der Waals surface area (Å²) in [4.78, 5) is 39.0. The molecule has 0 saturated heterocycles. The first kappa shape index (κ1) is 16.8. The van der Waals surface area contributed by atoms with Crippen LogP contribution >= 0.6 is 11.3 Å². The van der Waals surface area contributed by atoms with Gasteiger partial charge in [-0.1, -0.05) is 0 Å². The number of nitrogens with one attached hydrogen (secondary N) is 1. The van der Waals surface area contributed by atoms with E-state index in [0.717, 1.165) is 17.7 Å². The standard InChI is InChI=1S/C19H18N2O4S/c22-17-4-2-12-9-13(1-3-15(12)20-17)19(24)25-11-18(23)21-7-5-16-14(10-21)6-8-26-16/h1,3,6,8-9H,2,4-5,7,10-11H2,(H,20,22). The average Bonchev–Trinajstić information content (AvgIpc) is 3.13. The van der Waals surface area contributed by atoms with Crippen LogP contribution in [-0.4, -0.2) is 35.8 Å². The summed E-state index contributed by atoms with van der Waals surface area (Å²) in [7, 11) is 0. The molecule has 26 heavy (non-hydrogen) atoms. The fourth-order valence-corrected chi connectivity index (χ4v) is 4.16. The summed E-state index contributed by atoms with van der Waals surface area (Å²) in [5.74, 6) is -0.722. The molecule has 0 atom stereocenters. The molecular weight excluding hydrogens is 352 g/mol. The zero-order valence-corrected chi connectivity index (χ0v) is 14.9. The van der Waals surface area contributed by atoms with E-state index in [9.17, 15) is 14.4 Å². The Kier molecular flexibility index (Phi) is 4.46. The van der Waals surface area contributed by atoms with Gasteiger partial charge in [0.25, 0.3) is 5.91 Å². The minimum atomic E-state index is -0.522. The fraction of sp³-hybridized carbons (Fsp3) is 0.316. The molecule has 134 valence electrons. The number of esters is 1. The van der Waals surface area contributed by atoms with Crippen molar-refractivity contribution in [3.05, 3.63) is 51.2 Å². The van der Waals surface area contributed by atoms with Crippen molar-refractivity contribution in [2.75, 3.05) is 18.5 Å². The van der Waals surface area contributed by atoms with Crippen LogP contribution in [0, 0.1) is 0 Å². The minimum Gasteiger partial charge on any atom is -0.452 e. The van der Waals surface area contributed by atoms with Gasteiger partial charge < -0.3 is 15.0 Å². The van der Waals surface area contributed by atoms with Crippen LogP contribution in [0.1, 0.15) is 32.8 Å². The first-order chi connectivity index (χ1) is 12.6. The predicted octanol–water partition coefficient (Wildman–Crippen LogP) is 2.37. The van der Waals surface area contributed by atoms with E-state index in [2.05, 4.69) is 5.32 Å². The normalized spacial score (nSPS) is 15.7. The number of carbonyl (C=O) groups excluding carboxylic acids is 3. The fourth-order valence-electron chi connectivity index (χ4n) is 3.27. The van der Waals surface area contributed by atoms with Crippen molar-refractivity contribution >= 4 is 34.8 Å². The summed E-state index contributed by atoms with van der Waals surface area (Å²) in [5.41, 5.74) is 3.21. The van der Waals surface area contributed by atoms with Crippen LogP contribution in [0.4, 0.5) is 5.69 Å². The molecule has 2 aromatic rings. The third-order valence-electron chi connectivity index (χ3n) is 4.72. The topological polar surface area (TPSA) is 75.7 Å².